The molecule has 1 heterocycles. The molecule has 3 rings (SSSR count). The van der Waals surface area contributed by atoms with E-state index in [9.17, 15) is 12.8 Å². The van der Waals surface area contributed by atoms with Crippen LogP contribution in [0.2, 0.25) is 0 Å². The van der Waals surface area contributed by atoms with Crippen molar-refractivity contribution in [3.63, 3.8) is 0 Å². The first-order valence-electron chi connectivity index (χ1n) is 7.62. The molecule has 0 aliphatic rings. The zero-order valence-electron chi connectivity index (χ0n) is 13.8. The van der Waals surface area contributed by atoms with Crippen LogP contribution in [-0.2, 0) is 10.0 Å². The van der Waals surface area contributed by atoms with Crippen LogP contribution in [0.5, 0.6) is 5.75 Å². The number of halogens is 1. The maximum Gasteiger partial charge on any atom is 0.263 e. The first-order valence-corrected chi connectivity index (χ1v) is 9.10. The summed E-state index contributed by atoms with van der Waals surface area (Å²) in [6.07, 6.45) is 1.51. The van der Waals surface area contributed by atoms with Crippen molar-refractivity contribution in [2.75, 3.05) is 17.1 Å². The van der Waals surface area contributed by atoms with Crippen molar-refractivity contribution in [1.29, 1.82) is 0 Å². The predicted molar refractivity (Wildman–Crippen MR) is 97.7 cm³/mol. The number of rotatable bonds is 6. The first-order chi connectivity index (χ1) is 12.5. The monoisotopic (exact) mass is 373 g/mol. The highest BCUT2D eigenvalue weighted by atomic mass is 32.2. The van der Waals surface area contributed by atoms with Crippen molar-refractivity contribution in [2.24, 2.45) is 0 Å². The Hall–Kier alpha value is -3.13. The smallest absolute Gasteiger partial charge is 0.263 e. The number of sulfonamides is 1. The Kier molecular flexibility index (Phi) is 5.04. The number of ether oxygens (including phenoxy) is 1. The number of hydrogen-bond donors (Lipinski definition) is 2. The van der Waals surface area contributed by atoms with Crippen molar-refractivity contribution < 1.29 is 17.5 Å². The van der Waals surface area contributed by atoms with Gasteiger partial charge in [0.2, 0.25) is 0 Å². The summed E-state index contributed by atoms with van der Waals surface area (Å²) < 4.78 is 44.9. The quantitative estimate of drug-likeness (QED) is 0.687. The molecule has 134 valence electrons. The number of anilines is 3. The van der Waals surface area contributed by atoms with E-state index in [0.717, 1.165) is 23.6 Å². The molecule has 0 fully saturated rings. The van der Waals surface area contributed by atoms with E-state index in [1.807, 2.05) is 24.3 Å². The van der Waals surface area contributed by atoms with Gasteiger partial charge in [-0.1, -0.05) is 0 Å². The van der Waals surface area contributed by atoms with Gasteiger partial charge in [-0.15, -0.1) is 0 Å². The highest BCUT2D eigenvalue weighted by Gasteiger charge is 2.14. The minimum Gasteiger partial charge on any atom is -0.497 e. The fourth-order valence-corrected chi connectivity index (χ4v) is 3.19. The second-order valence-corrected chi connectivity index (χ2v) is 7.03. The molecule has 3 aromatic rings. The molecule has 8 heteroatoms. The van der Waals surface area contributed by atoms with E-state index in [0.29, 0.717) is 5.69 Å². The maximum absolute atomic E-state index is 12.9. The number of pyridine rings is 1. The van der Waals surface area contributed by atoms with Gasteiger partial charge in [-0.25, -0.2) is 17.8 Å². The van der Waals surface area contributed by atoms with Crippen LogP contribution in [0.15, 0.2) is 71.8 Å². The lowest BCUT2D eigenvalue weighted by molar-refractivity contribution is 0.415. The topological polar surface area (TPSA) is 80.3 Å². The molecule has 0 amide bonds. The van der Waals surface area contributed by atoms with Gasteiger partial charge < -0.3 is 10.1 Å². The molecule has 0 spiro atoms. The largest absolute Gasteiger partial charge is 0.497 e. The Morgan fingerprint density at radius 2 is 1.58 bits per heavy atom. The average Bonchev–Trinajstić information content (AvgIpc) is 2.64. The molecule has 26 heavy (non-hydrogen) atoms. The van der Waals surface area contributed by atoms with Crippen LogP contribution in [0.4, 0.5) is 21.6 Å². The van der Waals surface area contributed by atoms with Gasteiger partial charge in [0, 0.05) is 5.69 Å². The van der Waals surface area contributed by atoms with E-state index in [2.05, 4.69) is 15.0 Å². The Morgan fingerprint density at radius 3 is 2.15 bits per heavy atom. The standard InChI is InChI=1S/C18H16FN3O3S/c1-25-16-7-4-14(5-8-16)21-15-6-11-18(20-12-15)22-26(23,24)17-9-2-13(19)3-10-17/h2-12,21H,1H3,(H,20,22). The molecule has 0 bridgehead atoms. The SMILES string of the molecule is COc1ccc(Nc2ccc(NS(=O)(=O)c3ccc(F)cc3)nc2)cc1. The number of nitrogens with zero attached hydrogens (tertiary/aromatic N) is 1. The number of methoxy groups -OCH3 is 1. The molecule has 0 atom stereocenters. The van der Waals surface area contributed by atoms with Gasteiger partial charge in [-0.3, -0.25) is 4.72 Å². The second-order valence-electron chi connectivity index (χ2n) is 5.35. The van der Waals surface area contributed by atoms with E-state index in [-0.39, 0.29) is 10.7 Å². The zero-order valence-corrected chi connectivity index (χ0v) is 14.6. The highest BCUT2D eigenvalue weighted by Crippen LogP contribution is 2.21. The van der Waals surface area contributed by atoms with Crippen LogP contribution in [0.3, 0.4) is 0 Å². The number of aromatic nitrogens is 1. The van der Waals surface area contributed by atoms with Crippen molar-refractivity contribution in [3.8, 4) is 5.75 Å². The Labute approximate surface area is 150 Å². The molecule has 1 aromatic heterocycles. The summed E-state index contributed by atoms with van der Waals surface area (Å²) >= 11 is 0. The molecule has 0 aliphatic carbocycles. The van der Waals surface area contributed by atoms with E-state index in [1.54, 1.807) is 13.2 Å². The average molecular weight is 373 g/mol. The number of benzene rings is 2. The van der Waals surface area contributed by atoms with Crippen LogP contribution in [0.1, 0.15) is 0 Å². The highest BCUT2D eigenvalue weighted by molar-refractivity contribution is 7.92. The maximum atomic E-state index is 12.9. The van der Waals surface area contributed by atoms with E-state index in [1.165, 1.54) is 24.4 Å². The van der Waals surface area contributed by atoms with Crippen molar-refractivity contribution in [2.45, 2.75) is 4.90 Å². The molecule has 6 nitrogen and oxygen atoms in total. The van der Waals surface area contributed by atoms with Crippen LogP contribution in [0, 0.1) is 5.82 Å². The van der Waals surface area contributed by atoms with Crippen LogP contribution in [0.25, 0.3) is 0 Å². The molecular formula is C18H16FN3O3S. The summed E-state index contributed by atoms with van der Waals surface area (Å²) in [7, 11) is -2.23. The van der Waals surface area contributed by atoms with E-state index in [4.69, 9.17) is 4.74 Å². The molecule has 0 radical (unpaired) electrons. The van der Waals surface area contributed by atoms with Crippen molar-refractivity contribution in [1.82, 2.24) is 4.98 Å². The number of nitrogens with one attached hydrogen (secondary N) is 2. The lowest BCUT2D eigenvalue weighted by Crippen LogP contribution is -2.13. The summed E-state index contributed by atoms with van der Waals surface area (Å²) in [5.74, 6) is 0.407. The molecule has 2 N–H and O–H groups in total. The van der Waals surface area contributed by atoms with Gasteiger partial charge in [-0.2, -0.15) is 0 Å². The summed E-state index contributed by atoms with van der Waals surface area (Å²) in [5, 5.41) is 3.15. The molecule has 2 aromatic carbocycles. The van der Waals surface area contributed by atoms with Gasteiger partial charge >= 0.3 is 0 Å². The predicted octanol–water partition coefficient (Wildman–Crippen LogP) is 3.77. The van der Waals surface area contributed by atoms with Gasteiger partial charge in [0.15, 0.2) is 0 Å². The molecular weight excluding hydrogens is 357 g/mol. The lowest BCUT2D eigenvalue weighted by Gasteiger charge is -2.10. The Bertz CT molecular complexity index is 974. The van der Waals surface area contributed by atoms with Gasteiger partial charge in [0.05, 0.1) is 23.9 Å². The first kappa shape index (κ1) is 17.7. The molecule has 0 unspecified atom stereocenters. The summed E-state index contributed by atoms with van der Waals surface area (Å²) in [6, 6.07) is 15.1. The summed E-state index contributed by atoms with van der Waals surface area (Å²) in [5.41, 5.74) is 1.53. The minimum absolute atomic E-state index is 0.0406. The summed E-state index contributed by atoms with van der Waals surface area (Å²) in [4.78, 5) is 4.04. The fourth-order valence-electron chi connectivity index (χ4n) is 2.18. The van der Waals surface area contributed by atoms with Gasteiger partial charge in [-0.05, 0) is 60.7 Å². The molecule has 0 aliphatic heterocycles. The van der Waals surface area contributed by atoms with Crippen LogP contribution >= 0.6 is 0 Å². The third-order valence-corrected chi connectivity index (χ3v) is 4.88. The minimum atomic E-state index is -3.82. The lowest BCUT2D eigenvalue weighted by atomic mass is 10.3. The van der Waals surface area contributed by atoms with Crippen LogP contribution in [-0.4, -0.2) is 20.5 Å². The third kappa shape index (κ3) is 4.28. The Morgan fingerprint density at radius 1 is 0.923 bits per heavy atom. The van der Waals surface area contributed by atoms with E-state index < -0.39 is 15.8 Å². The second kappa shape index (κ2) is 7.40. The van der Waals surface area contributed by atoms with Crippen LogP contribution < -0.4 is 14.8 Å². The van der Waals surface area contributed by atoms with Crippen molar-refractivity contribution in [3.05, 3.63) is 72.7 Å². The molecule has 0 saturated heterocycles. The van der Waals surface area contributed by atoms with E-state index >= 15 is 0 Å². The normalized spacial score (nSPS) is 11.0. The van der Waals surface area contributed by atoms with Gasteiger partial charge in [0.1, 0.15) is 17.4 Å². The third-order valence-electron chi connectivity index (χ3n) is 3.51. The molecule has 0 saturated carbocycles. The zero-order chi connectivity index (χ0) is 18.6. The number of hydrogen-bond acceptors (Lipinski definition) is 5. The van der Waals surface area contributed by atoms with Crippen molar-refractivity contribution >= 4 is 27.2 Å². The summed E-state index contributed by atoms with van der Waals surface area (Å²) in [6.45, 7) is 0. The fraction of sp³-hybridized carbons (Fsp3) is 0.0556. The van der Waals surface area contributed by atoms with Gasteiger partial charge in [0.25, 0.3) is 10.0 Å². The Balaban J connectivity index is 1.69.